The Morgan fingerprint density at radius 2 is 1.90 bits per heavy atom. The van der Waals surface area contributed by atoms with E-state index >= 15 is 0 Å². The molecule has 2 aliphatic heterocycles. The Hall–Kier alpha value is -1.03. The zero-order valence-corrected chi connectivity index (χ0v) is 12.9. The number of pyridine rings is 1. The first-order valence-electron chi connectivity index (χ1n) is 7.43. The number of ketones is 1. The van der Waals surface area contributed by atoms with Crippen LogP contribution in [0, 0.1) is 19.8 Å². The number of hydrogen-bond acceptors (Lipinski definition) is 3. The summed E-state index contributed by atoms with van der Waals surface area (Å²) in [5, 5.41) is 0.476. The maximum absolute atomic E-state index is 12.7. The average Bonchev–Trinajstić information content (AvgIpc) is 2.37. The van der Waals surface area contributed by atoms with Gasteiger partial charge in [-0.2, -0.15) is 0 Å². The highest BCUT2D eigenvalue weighted by Gasteiger charge is 2.41. The second kappa shape index (κ2) is 5.40. The van der Waals surface area contributed by atoms with Gasteiger partial charge in [0, 0.05) is 33.4 Å². The number of aryl methyl sites for hydroxylation is 2. The minimum atomic E-state index is -0.711. The topological polar surface area (TPSA) is 47.0 Å². The first-order valence-corrected chi connectivity index (χ1v) is 8.70. The Bertz CT molecular complexity index is 554. The highest BCUT2D eigenvalue weighted by molar-refractivity contribution is 7.86. The number of rotatable bonds is 2. The van der Waals surface area contributed by atoms with Gasteiger partial charge in [0.2, 0.25) is 0 Å². The molecule has 2 saturated heterocycles. The van der Waals surface area contributed by atoms with E-state index in [9.17, 15) is 9.00 Å². The van der Waals surface area contributed by atoms with E-state index in [2.05, 4.69) is 4.98 Å². The smallest absolute Gasteiger partial charge is 0.184 e. The molecule has 2 bridgehead atoms. The fraction of sp³-hybridized carbons (Fsp3) is 0.625. The van der Waals surface area contributed by atoms with Gasteiger partial charge in [-0.1, -0.05) is 12.5 Å². The summed E-state index contributed by atoms with van der Waals surface area (Å²) in [6, 6.07) is 2.02. The van der Waals surface area contributed by atoms with Crippen molar-refractivity contribution >= 4 is 16.6 Å². The van der Waals surface area contributed by atoms with Crippen LogP contribution in [-0.4, -0.2) is 25.5 Å². The Morgan fingerprint density at radius 3 is 2.50 bits per heavy atom. The number of carbonyl (C=O) groups is 1. The summed E-state index contributed by atoms with van der Waals surface area (Å²) in [5.74, 6) is 0.188. The molecule has 1 aromatic heterocycles. The molecule has 108 valence electrons. The fourth-order valence-electron chi connectivity index (χ4n) is 3.61. The van der Waals surface area contributed by atoms with Gasteiger partial charge < -0.3 is 0 Å². The van der Waals surface area contributed by atoms with Gasteiger partial charge in [0.1, 0.15) is 5.69 Å². The van der Waals surface area contributed by atoms with Crippen LogP contribution in [0.1, 0.15) is 53.7 Å². The van der Waals surface area contributed by atoms with Crippen molar-refractivity contribution in [2.24, 2.45) is 5.92 Å². The molecule has 0 aliphatic carbocycles. The predicted molar refractivity (Wildman–Crippen MR) is 80.3 cm³/mol. The Labute approximate surface area is 122 Å². The third-order valence-corrected chi connectivity index (χ3v) is 6.79. The zero-order chi connectivity index (χ0) is 14.3. The summed E-state index contributed by atoms with van der Waals surface area (Å²) < 4.78 is 12.2. The predicted octanol–water partition coefficient (Wildman–Crippen LogP) is 2.96. The molecular weight excluding hydrogens is 270 g/mol. The largest absolute Gasteiger partial charge is 0.292 e. The van der Waals surface area contributed by atoms with Gasteiger partial charge in [-0.15, -0.1) is 0 Å². The molecule has 0 saturated carbocycles. The van der Waals surface area contributed by atoms with Crippen molar-refractivity contribution in [2.45, 2.75) is 56.5 Å². The van der Waals surface area contributed by atoms with Gasteiger partial charge in [-0.05, 0) is 50.7 Å². The number of Topliss-reactive ketones (excluding diaryl/α,β-unsaturated/α-hetero) is 1. The summed E-state index contributed by atoms with van der Waals surface area (Å²) in [4.78, 5) is 17.0. The van der Waals surface area contributed by atoms with Gasteiger partial charge >= 0.3 is 0 Å². The molecule has 3 nitrogen and oxygen atoms in total. The average molecular weight is 291 g/mol. The lowest BCUT2D eigenvalue weighted by molar-refractivity contribution is 0.0889. The Balaban J connectivity index is 1.83. The molecule has 4 heteroatoms. The van der Waals surface area contributed by atoms with E-state index < -0.39 is 10.8 Å². The number of fused-ring (bicyclic) bond motifs is 2. The van der Waals surface area contributed by atoms with E-state index in [1.807, 2.05) is 19.9 Å². The number of nitrogens with zero attached hydrogens (tertiary/aromatic N) is 1. The van der Waals surface area contributed by atoms with E-state index in [0.29, 0.717) is 5.69 Å². The van der Waals surface area contributed by atoms with E-state index in [4.69, 9.17) is 0 Å². The van der Waals surface area contributed by atoms with Crippen LogP contribution in [0.5, 0.6) is 0 Å². The van der Waals surface area contributed by atoms with E-state index in [0.717, 1.165) is 36.8 Å². The fourth-order valence-corrected chi connectivity index (χ4v) is 5.80. The highest BCUT2D eigenvalue weighted by atomic mass is 32.2. The first kappa shape index (κ1) is 13.9. The van der Waals surface area contributed by atoms with Crippen LogP contribution in [0.3, 0.4) is 0 Å². The lowest BCUT2D eigenvalue weighted by atomic mass is 9.85. The van der Waals surface area contributed by atoms with Gasteiger partial charge in [0.15, 0.2) is 5.78 Å². The normalized spacial score (nSPS) is 32.9. The van der Waals surface area contributed by atoms with Gasteiger partial charge in [0.25, 0.3) is 0 Å². The second-order valence-electron chi connectivity index (χ2n) is 6.21. The van der Waals surface area contributed by atoms with Crippen molar-refractivity contribution in [1.82, 2.24) is 4.98 Å². The molecular formula is C16H21NO2S. The Morgan fingerprint density at radius 1 is 1.25 bits per heavy atom. The van der Waals surface area contributed by atoms with Crippen molar-refractivity contribution < 1.29 is 9.00 Å². The summed E-state index contributed by atoms with van der Waals surface area (Å²) in [7, 11) is -0.711. The molecule has 3 rings (SSSR count). The SMILES string of the molecule is Cc1cnc(C(=O)C2CC3CCCC(C2)S3=O)c(C)c1. The highest BCUT2D eigenvalue weighted by Crippen LogP contribution is 2.38. The molecule has 3 heterocycles. The molecule has 0 N–H and O–H groups in total. The van der Waals surface area contributed by atoms with Crippen LogP contribution in [-0.2, 0) is 10.8 Å². The molecule has 2 unspecified atom stereocenters. The second-order valence-corrected chi connectivity index (χ2v) is 8.20. The summed E-state index contributed by atoms with van der Waals surface area (Å²) >= 11 is 0. The van der Waals surface area contributed by atoms with E-state index in [1.54, 1.807) is 6.20 Å². The molecule has 0 spiro atoms. The number of hydrogen-bond donors (Lipinski definition) is 0. The maximum Gasteiger partial charge on any atom is 0.184 e. The van der Waals surface area contributed by atoms with Gasteiger partial charge in [0.05, 0.1) is 0 Å². The standard InChI is InChI=1S/C16H21NO2S/c1-10-6-11(2)15(17-9-10)16(18)12-7-13-4-3-5-14(8-12)20(13)19/h6,9,12-14H,3-5,7-8H2,1-2H3. The van der Waals surface area contributed by atoms with Crippen molar-refractivity contribution in [3.8, 4) is 0 Å². The summed E-state index contributed by atoms with van der Waals surface area (Å²) in [6.07, 6.45) is 6.56. The third kappa shape index (κ3) is 2.46. The summed E-state index contributed by atoms with van der Waals surface area (Å²) in [6.45, 7) is 3.94. The zero-order valence-electron chi connectivity index (χ0n) is 12.1. The molecule has 0 aromatic carbocycles. The van der Waals surface area contributed by atoms with Gasteiger partial charge in [-0.3, -0.25) is 14.0 Å². The molecule has 20 heavy (non-hydrogen) atoms. The van der Waals surface area contributed by atoms with E-state index in [1.165, 1.54) is 6.42 Å². The number of aromatic nitrogens is 1. The molecule has 2 aliphatic rings. The van der Waals surface area contributed by atoms with Crippen LogP contribution in [0.4, 0.5) is 0 Å². The minimum absolute atomic E-state index is 0.0249. The molecule has 0 amide bonds. The van der Waals surface area contributed by atoms with Crippen LogP contribution in [0.2, 0.25) is 0 Å². The van der Waals surface area contributed by atoms with Crippen molar-refractivity contribution in [3.63, 3.8) is 0 Å². The van der Waals surface area contributed by atoms with Crippen LogP contribution in [0.25, 0.3) is 0 Å². The third-order valence-electron chi connectivity index (χ3n) is 4.62. The Kier molecular flexibility index (Phi) is 3.76. The molecule has 1 aromatic rings. The lowest BCUT2D eigenvalue weighted by Crippen LogP contribution is -2.41. The van der Waals surface area contributed by atoms with Crippen molar-refractivity contribution in [1.29, 1.82) is 0 Å². The van der Waals surface area contributed by atoms with E-state index in [-0.39, 0.29) is 22.2 Å². The number of carbonyl (C=O) groups excluding carboxylic acids is 1. The molecule has 0 radical (unpaired) electrons. The van der Waals surface area contributed by atoms with Crippen molar-refractivity contribution in [3.05, 3.63) is 29.1 Å². The van der Waals surface area contributed by atoms with Gasteiger partial charge in [-0.25, -0.2) is 0 Å². The van der Waals surface area contributed by atoms with Crippen LogP contribution < -0.4 is 0 Å². The quantitative estimate of drug-likeness (QED) is 0.787. The van der Waals surface area contributed by atoms with Crippen LogP contribution in [0.15, 0.2) is 12.3 Å². The molecule has 2 fully saturated rings. The first-order chi connectivity index (χ1) is 9.56. The lowest BCUT2D eigenvalue weighted by Gasteiger charge is -2.37. The van der Waals surface area contributed by atoms with Crippen molar-refractivity contribution in [2.75, 3.05) is 0 Å². The monoisotopic (exact) mass is 291 g/mol. The summed E-state index contributed by atoms with van der Waals surface area (Å²) in [5.41, 5.74) is 2.67. The minimum Gasteiger partial charge on any atom is -0.292 e. The molecule has 2 atom stereocenters. The van der Waals surface area contributed by atoms with Crippen LogP contribution >= 0.6 is 0 Å². The maximum atomic E-state index is 12.7.